The number of pyridine rings is 1. The van der Waals surface area contributed by atoms with E-state index >= 15 is 0 Å². The van der Waals surface area contributed by atoms with Gasteiger partial charge in [0.05, 0.1) is 19.3 Å². The molecule has 1 aromatic carbocycles. The van der Waals surface area contributed by atoms with Crippen molar-refractivity contribution in [3.05, 3.63) is 54.2 Å². The Morgan fingerprint density at radius 1 is 1.10 bits per heavy atom. The van der Waals surface area contributed by atoms with E-state index in [9.17, 15) is 9.59 Å². The normalized spacial score (nSPS) is 10.9. The number of ketones is 1. The average molecular weight is 391 g/mol. The molecule has 6 heteroatoms. The van der Waals surface area contributed by atoms with Crippen LogP contribution in [0.4, 0.5) is 0 Å². The van der Waals surface area contributed by atoms with Crippen LogP contribution < -0.4 is 4.74 Å². The van der Waals surface area contributed by atoms with Gasteiger partial charge in [-0.05, 0) is 17.5 Å². The summed E-state index contributed by atoms with van der Waals surface area (Å²) >= 11 is 0. The molecule has 2 aromatic heterocycles. The minimum Gasteiger partial charge on any atom is -0.481 e. The number of hydrogen-bond acceptors (Lipinski definition) is 5. The van der Waals surface area contributed by atoms with Crippen LogP contribution in [0.25, 0.3) is 22.8 Å². The first-order valence-electron chi connectivity index (χ1n) is 9.63. The lowest BCUT2D eigenvalue weighted by Crippen LogP contribution is -2.13. The van der Waals surface area contributed by atoms with Crippen molar-refractivity contribution in [2.75, 3.05) is 7.11 Å². The summed E-state index contributed by atoms with van der Waals surface area (Å²) < 4.78 is 7.08. The Morgan fingerprint density at radius 3 is 2.52 bits per heavy atom. The lowest BCUT2D eigenvalue weighted by molar-refractivity contribution is -0.120. The summed E-state index contributed by atoms with van der Waals surface area (Å²) in [5.74, 6) is 1.56. The molecule has 0 aliphatic heterocycles. The molecule has 3 rings (SSSR count). The zero-order chi connectivity index (χ0) is 20.8. The molecule has 0 amide bonds. The SMILES string of the molecule is COc1cccc(-c2nc(-c3ccc(CC=O)cc3)cn2CC(=O)CC(C)C)n1. The summed E-state index contributed by atoms with van der Waals surface area (Å²) in [6.45, 7) is 4.30. The Kier molecular flexibility index (Phi) is 6.54. The van der Waals surface area contributed by atoms with Crippen molar-refractivity contribution >= 4 is 12.1 Å². The van der Waals surface area contributed by atoms with Crippen LogP contribution in [0.3, 0.4) is 0 Å². The zero-order valence-corrected chi connectivity index (χ0v) is 17.0. The monoisotopic (exact) mass is 391 g/mol. The van der Waals surface area contributed by atoms with Gasteiger partial charge in [0.1, 0.15) is 12.0 Å². The number of hydrogen-bond donors (Lipinski definition) is 0. The first kappa shape index (κ1) is 20.5. The smallest absolute Gasteiger partial charge is 0.213 e. The summed E-state index contributed by atoms with van der Waals surface area (Å²) in [6, 6.07) is 13.2. The van der Waals surface area contributed by atoms with Crippen LogP contribution in [-0.2, 0) is 22.6 Å². The molecular weight excluding hydrogens is 366 g/mol. The zero-order valence-electron chi connectivity index (χ0n) is 17.0. The predicted octanol–water partition coefficient (Wildman–Crippen LogP) is 3.98. The number of ether oxygens (including phenoxy) is 1. The van der Waals surface area contributed by atoms with Crippen LogP contribution in [0.2, 0.25) is 0 Å². The number of nitrogens with zero attached hydrogens (tertiary/aromatic N) is 3. The van der Waals surface area contributed by atoms with Gasteiger partial charge in [-0.1, -0.05) is 44.2 Å². The van der Waals surface area contributed by atoms with Gasteiger partial charge >= 0.3 is 0 Å². The highest BCUT2D eigenvalue weighted by Gasteiger charge is 2.16. The van der Waals surface area contributed by atoms with E-state index in [1.807, 2.05) is 61.0 Å². The second kappa shape index (κ2) is 9.28. The van der Waals surface area contributed by atoms with Gasteiger partial charge in [0.2, 0.25) is 5.88 Å². The highest BCUT2D eigenvalue weighted by Crippen LogP contribution is 2.26. The van der Waals surface area contributed by atoms with E-state index in [4.69, 9.17) is 9.72 Å². The lowest BCUT2D eigenvalue weighted by atomic mass is 10.1. The summed E-state index contributed by atoms with van der Waals surface area (Å²) in [6.07, 6.45) is 3.66. The third kappa shape index (κ3) is 5.16. The second-order valence-electron chi connectivity index (χ2n) is 7.35. The maximum absolute atomic E-state index is 12.5. The van der Waals surface area contributed by atoms with E-state index in [2.05, 4.69) is 4.98 Å². The maximum Gasteiger partial charge on any atom is 0.213 e. The summed E-state index contributed by atoms with van der Waals surface area (Å²) in [5, 5.41) is 0. The fourth-order valence-electron chi connectivity index (χ4n) is 3.15. The number of carbonyl (C=O) groups is 2. The van der Waals surface area contributed by atoms with Crippen molar-refractivity contribution in [3.8, 4) is 28.7 Å². The number of methoxy groups -OCH3 is 1. The largest absolute Gasteiger partial charge is 0.481 e. The third-order valence-corrected chi connectivity index (χ3v) is 4.49. The molecule has 0 fully saturated rings. The Balaban J connectivity index is 2.00. The van der Waals surface area contributed by atoms with Gasteiger partial charge in [-0.15, -0.1) is 0 Å². The fourth-order valence-corrected chi connectivity index (χ4v) is 3.15. The second-order valence-corrected chi connectivity index (χ2v) is 7.35. The lowest BCUT2D eigenvalue weighted by Gasteiger charge is -2.08. The van der Waals surface area contributed by atoms with E-state index in [1.54, 1.807) is 13.2 Å². The number of benzene rings is 1. The van der Waals surface area contributed by atoms with E-state index in [-0.39, 0.29) is 12.3 Å². The van der Waals surface area contributed by atoms with Crippen molar-refractivity contribution < 1.29 is 14.3 Å². The summed E-state index contributed by atoms with van der Waals surface area (Å²) in [7, 11) is 1.57. The van der Waals surface area contributed by atoms with Crippen molar-refractivity contribution in [2.45, 2.75) is 33.2 Å². The first-order valence-corrected chi connectivity index (χ1v) is 9.63. The molecule has 0 spiro atoms. The quantitative estimate of drug-likeness (QED) is 0.516. The number of Topliss-reactive ketones (excluding diaryl/α,β-unsaturated/α-hetero) is 1. The Hall–Kier alpha value is -3.28. The van der Waals surface area contributed by atoms with Gasteiger partial charge in [0, 0.05) is 30.7 Å². The van der Waals surface area contributed by atoms with Crippen molar-refractivity contribution in [1.29, 1.82) is 0 Å². The fraction of sp³-hybridized carbons (Fsp3) is 0.304. The molecule has 0 aliphatic carbocycles. The average Bonchev–Trinajstić information content (AvgIpc) is 3.12. The van der Waals surface area contributed by atoms with Crippen LogP contribution in [-0.4, -0.2) is 33.7 Å². The van der Waals surface area contributed by atoms with E-state index in [0.29, 0.717) is 36.2 Å². The number of rotatable bonds is 9. The van der Waals surface area contributed by atoms with Crippen LogP contribution in [0.5, 0.6) is 5.88 Å². The number of carbonyl (C=O) groups excluding carboxylic acids is 2. The topological polar surface area (TPSA) is 74.1 Å². The molecule has 3 aromatic rings. The van der Waals surface area contributed by atoms with E-state index in [1.165, 1.54) is 0 Å². The van der Waals surface area contributed by atoms with E-state index in [0.717, 1.165) is 23.1 Å². The van der Waals surface area contributed by atoms with Gasteiger partial charge in [-0.3, -0.25) is 4.79 Å². The Labute approximate surface area is 170 Å². The van der Waals surface area contributed by atoms with Crippen LogP contribution in [0.1, 0.15) is 25.8 Å². The minimum atomic E-state index is 0.148. The van der Waals surface area contributed by atoms with E-state index < -0.39 is 0 Å². The van der Waals surface area contributed by atoms with Crippen LogP contribution in [0.15, 0.2) is 48.7 Å². The molecule has 29 heavy (non-hydrogen) atoms. The van der Waals surface area contributed by atoms with Crippen molar-refractivity contribution in [1.82, 2.24) is 14.5 Å². The molecule has 0 saturated heterocycles. The van der Waals surface area contributed by atoms with Crippen LogP contribution in [0, 0.1) is 5.92 Å². The Bertz CT molecular complexity index is 991. The van der Waals surface area contributed by atoms with Gasteiger partial charge in [0.15, 0.2) is 11.6 Å². The number of aldehydes is 1. The molecule has 0 saturated carbocycles. The predicted molar refractivity (Wildman–Crippen MR) is 112 cm³/mol. The summed E-state index contributed by atoms with van der Waals surface area (Å²) in [4.78, 5) is 32.4. The van der Waals surface area contributed by atoms with Crippen molar-refractivity contribution in [3.63, 3.8) is 0 Å². The van der Waals surface area contributed by atoms with Gasteiger partial charge < -0.3 is 14.1 Å². The van der Waals surface area contributed by atoms with Gasteiger partial charge in [-0.2, -0.15) is 0 Å². The third-order valence-electron chi connectivity index (χ3n) is 4.49. The molecule has 0 aliphatic rings. The van der Waals surface area contributed by atoms with Gasteiger partial charge in [-0.25, -0.2) is 9.97 Å². The minimum absolute atomic E-state index is 0.148. The van der Waals surface area contributed by atoms with Crippen LogP contribution >= 0.6 is 0 Å². The molecule has 0 radical (unpaired) electrons. The standard InChI is InChI=1S/C23H25N3O3/c1-16(2)13-19(28)14-26-15-21(18-9-7-17(8-10-18)11-12-27)25-23(26)20-5-4-6-22(24-20)29-3/h4-10,12,15-16H,11,13-14H2,1-3H3. The first-order chi connectivity index (χ1) is 14.0. The molecule has 150 valence electrons. The molecule has 0 bridgehead atoms. The Morgan fingerprint density at radius 2 is 1.86 bits per heavy atom. The molecule has 0 atom stereocenters. The highest BCUT2D eigenvalue weighted by atomic mass is 16.5. The highest BCUT2D eigenvalue weighted by molar-refractivity contribution is 5.79. The molecular formula is C23H25N3O3. The molecule has 6 nitrogen and oxygen atoms in total. The molecule has 0 N–H and O–H groups in total. The molecule has 0 unspecified atom stereocenters. The number of imidazole rings is 1. The summed E-state index contributed by atoms with van der Waals surface area (Å²) in [5.41, 5.74) is 3.26. The van der Waals surface area contributed by atoms with Crippen molar-refractivity contribution in [2.24, 2.45) is 5.92 Å². The maximum atomic E-state index is 12.5. The van der Waals surface area contributed by atoms with Gasteiger partial charge in [0.25, 0.3) is 0 Å². The molecule has 2 heterocycles. The number of aromatic nitrogens is 3.